The number of hydrogen-bond donors (Lipinski definition) is 1. The molecule has 1 aliphatic heterocycles. The Labute approximate surface area is 265 Å². The summed E-state index contributed by atoms with van der Waals surface area (Å²) in [4.78, 5) is 46.3. The topological polar surface area (TPSA) is 82.2 Å². The number of likely N-dealkylation sites (tertiary alicyclic amines) is 1. The monoisotopic (exact) mass is 604 g/mol. The van der Waals surface area contributed by atoms with Crippen molar-refractivity contribution in [2.24, 2.45) is 0 Å². The summed E-state index contributed by atoms with van der Waals surface area (Å²) in [6.07, 6.45) is 1.83. The van der Waals surface area contributed by atoms with Crippen molar-refractivity contribution in [3.63, 3.8) is 0 Å². The molecular formula is C37H40N4O4. The number of methoxy groups -OCH3 is 1. The molecule has 1 saturated heterocycles. The first-order valence-electron chi connectivity index (χ1n) is 15.2. The first-order valence-corrected chi connectivity index (χ1v) is 15.2. The lowest BCUT2D eigenvalue weighted by Gasteiger charge is -2.35. The van der Waals surface area contributed by atoms with E-state index in [0.717, 1.165) is 29.5 Å². The Bertz CT molecular complexity index is 1690. The molecule has 0 aromatic heterocycles. The van der Waals surface area contributed by atoms with E-state index >= 15 is 0 Å². The zero-order valence-corrected chi connectivity index (χ0v) is 26.5. The fourth-order valence-corrected chi connectivity index (χ4v) is 5.79. The number of hydrogen-bond acceptors (Lipinski definition) is 5. The van der Waals surface area contributed by atoms with Gasteiger partial charge < -0.3 is 24.8 Å². The van der Waals surface area contributed by atoms with Crippen LogP contribution >= 0.6 is 0 Å². The maximum Gasteiger partial charge on any atom is 0.258 e. The van der Waals surface area contributed by atoms with Crippen molar-refractivity contribution in [3.05, 3.63) is 113 Å². The summed E-state index contributed by atoms with van der Waals surface area (Å²) in [5.74, 6) is -0.322. The molecule has 45 heavy (non-hydrogen) atoms. The molecular weight excluding hydrogens is 564 g/mol. The molecule has 1 aliphatic rings. The Morgan fingerprint density at radius 2 is 1.47 bits per heavy atom. The van der Waals surface area contributed by atoms with E-state index in [1.165, 1.54) is 12.0 Å². The molecule has 8 heteroatoms. The van der Waals surface area contributed by atoms with E-state index in [9.17, 15) is 14.4 Å². The zero-order chi connectivity index (χ0) is 32.1. The number of carbonyl (C=O) groups is 3. The number of amides is 3. The number of ether oxygens (including phenoxy) is 1. The summed E-state index contributed by atoms with van der Waals surface area (Å²) in [7, 11) is 7.30. The molecule has 5 rings (SSSR count). The summed E-state index contributed by atoms with van der Waals surface area (Å²) in [6.45, 7) is 3.37. The minimum Gasteiger partial charge on any atom is -0.495 e. The van der Waals surface area contributed by atoms with Crippen molar-refractivity contribution in [2.75, 3.05) is 51.6 Å². The highest BCUT2D eigenvalue weighted by molar-refractivity contribution is 6.12. The van der Waals surface area contributed by atoms with Crippen LogP contribution in [0.5, 0.6) is 5.75 Å². The van der Waals surface area contributed by atoms with Gasteiger partial charge in [0.15, 0.2) is 0 Å². The Hall–Kier alpha value is -4.95. The number of aryl methyl sites for hydroxylation is 1. The Morgan fingerprint density at radius 1 is 0.822 bits per heavy atom. The van der Waals surface area contributed by atoms with E-state index < -0.39 is 0 Å². The number of rotatable bonds is 8. The standard InChI is InChI=1S/C37H40N4O4/c1-25-14-16-26(17-15-25)29-10-6-7-11-30(29)35(42)38-32-19-18-27(24-34(32)45-5)36(43)40(4)33-13-9-8-12-31(33)37(44)41-22-20-28(21-23-41)39(2)3/h6-19,24,28H,20-23H2,1-5H3,(H,38,42). The quantitative estimate of drug-likeness (QED) is 0.253. The molecule has 0 spiro atoms. The maximum atomic E-state index is 13.7. The van der Waals surface area contributed by atoms with E-state index in [0.29, 0.717) is 52.9 Å². The summed E-state index contributed by atoms with van der Waals surface area (Å²) in [5.41, 5.74) is 5.25. The third kappa shape index (κ3) is 6.91. The maximum absolute atomic E-state index is 13.7. The van der Waals surface area contributed by atoms with Crippen molar-refractivity contribution in [1.82, 2.24) is 9.80 Å². The molecule has 3 amide bonds. The first kappa shape index (κ1) is 31.5. The van der Waals surface area contributed by atoms with Gasteiger partial charge in [0.1, 0.15) is 5.75 Å². The molecule has 0 unspecified atom stereocenters. The predicted molar refractivity (Wildman–Crippen MR) is 179 cm³/mol. The molecule has 1 heterocycles. The Kier molecular flexibility index (Phi) is 9.64. The molecule has 1 N–H and O–H groups in total. The van der Waals surface area contributed by atoms with Crippen LogP contribution < -0.4 is 15.0 Å². The number of piperidine rings is 1. The van der Waals surface area contributed by atoms with Crippen LogP contribution in [0.25, 0.3) is 11.1 Å². The molecule has 0 bridgehead atoms. The highest BCUT2D eigenvalue weighted by Gasteiger charge is 2.28. The van der Waals surface area contributed by atoms with Crippen LogP contribution in [0.3, 0.4) is 0 Å². The molecule has 4 aromatic rings. The number of benzene rings is 4. The van der Waals surface area contributed by atoms with Crippen molar-refractivity contribution in [1.29, 1.82) is 0 Å². The molecule has 1 fully saturated rings. The lowest BCUT2D eigenvalue weighted by atomic mass is 9.98. The SMILES string of the molecule is COc1cc(C(=O)N(C)c2ccccc2C(=O)N2CCC(N(C)C)CC2)ccc1NC(=O)c1ccccc1-c1ccc(C)cc1. The molecule has 0 saturated carbocycles. The second kappa shape index (κ2) is 13.8. The molecule has 8 nitrogen and oxygen atoms in total. The van der Waals surface area contributed by atoms with Crippen molar-refractivity contribution < 1.29 is 19.1 Å². The average molecular weight is 605 g/mol. The number of nitrogens with one attached hydrogen (secondary N) is 1. The fourth-order valence-electron chi connectivity index (χ4n) is 5.79. The van der Waals surface area contributed by atoms with Gasteiger partial charge in [-0.05, 0) is 81.4 Å². The lowest BCUT2D eigenvalue weighted by molar-refractivity contribution is 0.0664. The van der Waals surface area contributed by atoms with Crippen LogP contribution in [-0.2, 0) is 0 Å². The van der Waals surface area contributed by atoms with Crippen LogP contribution in [0.2, 0.25) is 0 Å². The van der Waals surface area contributed by atoms with Gasteiger partial charge in [0.25, 0.3) is 17.7 Å². The van der Waals surface area contributed by atoms with Gasteiger partial charge in [-0.1, -0.05) is 60.2 Å². The van der Waals surface area contributed by atoms with Crippen LogP contribution in [0.4, 0.5) is 11.4 Å². The Balaban J connectivity index is 1.34. The first-order chi connectivity index (χ1) is 21.7. The largest absolute Gasteiger partial charge is 0.495 e. The normalized spacial score (nSPS) is 13.4. The van der Waals surface area contributed by atoms with Gasteiger partial charge in [-0.3, -0.25) is 14.4 Å². The van der Waals surface area contributed by atoms with Gasteiger partial charge in [-0.15, -0.1) is 0 Å². The summed E-state index contributed by atoms with van der Waals surface area (Å²) >= 11 is 0. The number of carbonyl (C=O) groups excluding carboxylic acids is 3. The van der Waals surface area contributed by atoms with E-state index in [-0.39, 0.29) is 17.7 Å². The van der Waals surface area contributed by atoms with E-state index in [2.05, 4.69) is 24.3 Å². The molecule has 4 aromatic carbocycles. The number of anilines is 2. The molecule has 0 radical (unpaired) electrons. The molecule has 0 aliphatic carbocycles. The van der Waals surface area contributed by atoms with E-state index in [1.54, 1.807) is 43.4 Å². The van der Waals surface area contributed by atoms with Crippen LogP contribution in [-0.4, -0.2) is 74.9 Å². The van der Waals surface area contributed by atoms with Gasteiger partial charge in [0.2, 0.25) is 0 Å². The highest BCUT2D eigenvalue weighted by atomic mass is 16.5. The van der Waals surface area contributed by atoms with Crippen LogP contribution in [0.15, 0.2) is 91.0 Å². The number of para-hydroxylation sites is 1. The minimum absolute atomic E-state index is 0.0796. The summed E-state index contributed by atoms with van der Waals surface area (Å²) in [5, 5.41) is 2.95. The second-order valence-electron chi connectivity index (χ2n) is 11.6. The Morgan fingerprint density at radius 3 is 2.13 bits per heavy atom. The summed E-state index contributed by atoms with van der Waals surface area (Å²) in [6, 6.07) is 28.0. The van der Waals surface area contributed by atoms with E-state index in [1.807, 2.05) is 66.4 Å². The lowest BCUT2D eigenvalue weighted by Crippen LogP contribution is -2.44. The van der Waals surface area contributed by atoms with Crippen molar-refractivity contribution >= 4 is 29.1 Å². The van der Waals surface area contributed by atoms with E-state index in [4.69, 9.17) is 4.74 Å². The van der Waals surface area contributed by atoms with Gasteiger partial charge >= 0.3 is 0 Å². The van der Waals surface area contributed by atoms with Gasteiger partial charge in [-0.25, -0.2) is 0 Å². The molecule has 232 valence electrons. The third-order valence-corrected chi connectivity index (χ3v) is 8.51. The third-order valence-electron chi connectivity index (χ3n) is 8.51. The second-order valence-corrected chi connectivity index (χ2v) is 11.6. The van der Waals surface area contributed by atoms with Crippen LogP contribution in [0.1, 0.15) is 49.5 Å². The smallest absolute Gasteiger partial charge is 0.258 e. The predicted octanol–water partition coefficient (Wildman–Crippen LogP) is 6.37. The zero-order valence-electron chi connectivity index (χ0n) is 26.5. The highest BCUT2D eigenvalue weighted by Crippen LogP contribution is 2.31. The van der Waals surface area contributed by atoms with Crippen molar-refractivity contribution in [2.45, 2.75) is 25.8 Å². The van der Waals surface area contributed by atoms with Gasteiger partial charge in [-0.2, -0.15) is 0 Å². The fraction of sp³-hybridized carbons (Fsp3) is 0.270. The summed E-state index contributed by atoms with van der Waals surface area (Å²) < 4.78 is 5.60. The van der Waals surface area contributed by atoms with Gasteiger partial charge in [0, 0.05) is 37.3 Å². The van der Waals surface area contributed by atoms with Gasteiger partial charge in [0.05, 0.1) is 24.0 Å². The van der Waals surface area contributed by atoms with Crippen LogP contribution in [0, 0.1) is 6.92 Å². The molecule has 0 atom stereocenters. The number of nitrogens with zero attached hydrogens (tertiary/aromatic N) is 3. The minimum atomic E-state index is -0.303. The van der Waals surface area contributed by atoms with Crippen molar-refractivity contribution in [3.8, 4) is 16.9 Å². The average Bonchev–Trinajstić information content (AvgIpc) is 3.07.